The Bertz CT molecular complexity index is 601. The smallest absolute Gasteiger partial charge is 0.270 e. The Kier molecular flexibility index (Phi) is 12.7. The number of nitrogens with one attached hydrogen (secondary N) is 4. The predicted molar refractivity (Wildman–Crippen MR) is 119 cm³/mol. The molecule has 0 spiro atoms. The van der Waals surface area contributed by atoms with Crippen LogP contribution in [0.15, 0.2) is 0 Å². The highest BCUT2D eigenvalue weighted by Crippen LogP contribution is 2.28. The molecule has 0 atom stereocenters. The molecule has 0 saturated heterocycles. The molecule has 10 nitrogen and oxygen atoms in total. The van der Waals surface area contributed by atoms with Gasteiger partial charge < -0.3 is 21.3 Å². The molecule has 0 fully saturated rings. The SMILES string of the molecule is CC(C)(CCNC(=S)NCCNC(=S)NCCC(C)(C)S(=O)(=O)O)SOOO. The van der Waals surface area contributed by atoms with Gasteiger partial charge in [-0.1, -0.05) is 5.04 Å². The van der Waals surface area contributed by atoms with E-state index in [2.05, 4.69) is 30.6 Å². The van der Waals surface area contributed by atoms with Crippen molar-refractivity contribution in [2.45, 2.75) is 50.0 Å². The lowest BCUT2D eigenvalue weighted by Crippen LogP contribution is -2.44. The summed E-state index contributed by atoms with van der Waals surface area (Å²) in [5, 5.41) is 24.6. The zero-order valence-electron chi connectivity index (χ0n) is 16.4. The zero-order valence-corrected chi connectivity index (χ0v) is 19.7. The van der Waals surface area contributed by atoms with E-state index in [0.29, 0.717) is 36.4 Å². The molecular formula is C14H30N4O6S4. The van der Waals surface area contributed by atoms with Crippen LogP contribution in [0.1, 0.15) is 40.5 Å². The maximum Gasteiger partial charge on any atom is 0.270 e. The molecule has 0 saturated carbocycles. The Morgan fingerprint density at radius 3 is 1.79 bits per heavy atom. The standard InChI is InChI=1S/C14H30N4O6S4/c1-13(2,27-24-23-19)5-7-15-11(25)17-9-10-18-12(26)16-8-6-14(3,4)28(20,21)22/h19H,5-10H2,1-4H3,(H2,15,17,25)(H2,16,18,26)(H,20,21,22). The molecule has 0 aromatic rings. The molecule has 6 N–H and O–H groups in total. The molecule has 0 bridgehead atoms. The molecule has 0 aliphatic rings. The summed E-state index contributed by atoms with van der Waals surface area (Å²) >= 11 is 11.3. The molecule has 0 aromatic carbocycles. The van der Waals surface area contributed by atoms with Gasteiger partial charge in [-0.15, -0.1) is 4.33 Å². The van der Waals surface area contributed by atoms with Gasteiger partial charge in [0.25, 0.3) is 10.1 Å². The molecular weight excluding hydrogens is 448 g/mol. The first-order valence-corrected chi connectivity index (χ1v) is 11.5. The summed E-state index contributed by atoms with van der Waals surface area (Å²) in [5.74, 6) is 0. The van der Waals surface area contributed by atoms with E-state index in [4.69, 9.17) is 34.2 Å². The van der Waals surface area contributed by atoms with Crippen LogP contribution in [0.3, 0.4) is 0 Å². The van der Waals surface area contributed by atoms with Gasteiger partial charge >= 0.3 is 0 Å². The molecule has 0 unspecified atom stereocenters. The molecule has 0 heterocycles. The second kappa shape index (κ2) is 13.0. The minimum Gasteiger partial charge on any atom is -0.363 e. The lowest BCUT2D eigenvalue weighted by Gasteiger charge is -2.22. The van der Waals surface area contributed by atoms with Gasteiger partial charge in [-0.2, -0.15) is 8.42 Å². The highest BCUT2D eigenvalue weighted by molar-refractivity contribution is 7.95. The van der Waals surface area contributed by atoms with E-state index in [1.54, 1.807) is 0 Å². The Balaban J connectivity index is 3.84. The number of rotatable bonds is 13. The van der Waals surface area contributed by atoms with E-state index in [1.807, 2.05) is 13.8 Å². The third kappa shape index (κ3) is 12.9. The van der Waals surface area contributed by atoms with Crippen molar-refractivity contribution in [3.05, 3.63) is 0 Å². The first-order chi connectivity index (χ1) is 12.8. The van der Waals surface area contributed by atoms with Crippen molar-refractivity contribution >= 4 is 56.8 Å². The van der Waals surface area contributed by atoms with Gasteiger partial charge in [0.05, 0.1) is 4.75 Å². The molecule has 166 valence electrons. The fourth-order valence-corrected chi connectivity index (χ4v) is 2.88. The van der Waals surface area contributed by atoms with E-state index in [0.717, 1.165) is 18.5 Å². The van der Waals surface area contributed by atoms with Gasteiger partial charge in [-0.25, -0.2) is 5.26 Å². The molecule has 14 heteroatoms. The second-order valence-corrected chi connectivity index (χ2v) is 11.4. The Morgan fingerprint density at radius 1 is 0.929 bits per heavy atom. The Hall–Kier alpha value is -0.480. The van der Waals surface area contributed by atoms with Gasteiger partial charge in [0, 0.05) is 43.0 Å². The minimum absolute atomic E-state index is 0.212. The van der Waals surface area contributed by atoms with Crippen molar-refractivity contribution < 1.29 is 27.6 Å². The van der Waals surface area contributed by atoms with E-state index in [9.17, 15) is 8.42 Å². The molecule has 0 aliphatic carbocycles. The van der Waals surface area contributed by atoms with Crippen molar-refractivity contribution in [3.63, 3.8) is 0 Å². The largest absolute Gasteiger partial charge is 0.363 e. The summed E-state index contributed by atoms with van der Waals surface area (Å²) in [6.07, 6.45) is 0.930. The van der Waals surface area contributed by atoms with Crippen LogP contribution >= 0.6 is 36.5 Å². The number of hydrogen-bond acceptors (Lipinski definition) is 8. The van der Waals surface area contributed by atoms with Crippen LogP contribution in [0, 0.1) is 0 Å². The van der Waals surface area contributed by atoms with Gasteiger partial charge in [-0.05, 0) is 65.0 Å². The average Bonchev–Trinajstić information content (AvgIpc) is 2.55. The van der Waals surface area contributed by atoms with Crippen molar-refractivity contribution in [1.29, 1.82) is 0 Å². The lowest BCUT2D eigenvalue weighted by molar-refractivity contribution is -0.432. The number of thiocarbonyl (C=S) groups is 2. The van der Waals surface area contributed by atoms with E-state index in [-0.39, 0.29) is 11.2 Å². The van der Waals surface area contributed by atoms with E-state index < -0.39 is 14.9 Å². The van der Waals surface area contributed by atoms with Gasteiger partial charge in [-0.3, -0.25) is 4.55 Å². The van der Waals surface area contributed by atoms with Crippen LogP contribution < -0.4 is 21.3 Å². The minimum atomic E-state index is -4.11. The Morgan fingerprint density at radius 2 is 1.36 bits per heavy atom. The lowest BCUT2D eigenvalue weighted by atomic mass is 10.1. The molecule has 0 amide bonds. The maximum absolute atomic E-state index is 11.2. The van der Waals surface area contributed by atoms with Crippen molar-refractivity contribution in [2.24, 2.45) is 0 Å². The van der Waals surface area contributed by atoms with Gasteiger partial charge in [0.2, 0.25) is 0 Å². The van der Waals surface area contributed by atoms with Crippen LogP contribution in [0.2, 0.25) is 0 Å². The van der Waals surface area contributed by atoms with Crippen LogP contribution in [0.25, 0.3) is 0 Å². The van der Waals surface area contributed by atoms with Crippen LogP contribution in [0.5, 0.6) is 0 Å². The number of hydrogen-bond donors (Lipinski definition) is 6. The average molecular weight is 479 g/mol. The summed E-state index contributed by atoms with van der Waals surface area (Å²) in [6, 6.07) is 0. The summed E-state index contributed by atoms with van der Waals surface area (Å²) in [6.45, 7) is 8.73. The van der Waals surface area contributed by atoms with Crippen molar-refractivity contribution in [3.8, 4) is 0 Å². The normalized spacial score (nSPS) is 12.4. The van der Waals surface area contributed by atoms with Crippen LogP contribution in [-0.2, 0) is 19.5 Å². The zero-order chi connectivity index (χ0) is 21.8. The summed E-state index contributed by atoms with van der Waals surface area (Å²) in [5.41, 5.74) is 0. The predicted octanol–water partition coefficient (Wildman–Crippen LogP) is 1.21. The molecule has 0 aromatic heterocycles. The van der Waals surface area contributed by atoms with E-state index >= 15 is 0 Å². The highest BCUT2D eigenvalue weighted by atomic mass is 32.2. The van der Waals surface area contributed by atoms with Crippen LogP contribution in [-0.4, -0.2) is 64.1 Å². The summed E-state index contributed by atoms with van der Waals surface area (Å²) in [4.78, 5) is 0. The maximum atomic E-state index is 11.2. The molecule has 28 heavy (non-hydrogen) atoms. The van der Waals surface area contributed by atoms with Gasteiger partial charge in [0.1, 0.15) is 0 Å². The summed E-state index contributed by atoms with van der Waals surface area (Å²) < 4.78 is 34.5. The molecule has 0 rings (SSSR count). The van der Waals surface area contributed by atoms with Crippen molar-refractivity contribution in [1.82, 2.24) is 21.3 Å². The third-order valence-electron chi connectivity index (χ3n) is 3.71. The molecule has 0 aliphatic heterocycles. The topological polar surface area (TPSA) is 141 Å². The second-order valence-electron chi connectivity index (χ2n) is 7.09. The monoisotopic (exact) mass is 478 g/mol. The quantitative estimate of drug-likeness (QED) is 0.0564. The summed E-state index contributed by atoms with van der Waals surface area (Å²) in [7, 11) is -4.11. The van der Waals surface area contributed by atoms with Crippen molar-refractivity contribution in [2.75, 3.05) is 26.2 Å². The van der Waals surface area contributed by atoms with Crippen LogP contribution in [0.4, 0.5) is 0 Å². The Labute approximate surface area is 181 Å². The van der Waals surface area contributed by atoms with E-state index in [1.165, 1.54) is 13.8 Å². The first-order valence-electron chi connectivity index (χ1n) is 8.47. The fourth-order valence-electron chi connectivity index (χ4n) is 1.71. The molecule has 0 radical (unpaired) electrons. The highest BCUT2D eigenvalue weighted by Gasteiger charge is 2.31. The fraction of sp³-hybridized carbons (Fsp3) is 0.857. The first kappa shape index (κ1) is 27.5. The third-order valence-corrected chi connectivity index (χ3v) is 6.67. The van der Waals surface area contributed by atoms with Gasteiger partial charge in [0.15, 0.2) is 10.2 Å².